The van der Waals surface area contributed by atoms with Gasteiger partial charge in [0.05, 0.1) is 25.8 Å². The zero-order valence-corrected chi connectivity index (χ0v) is 34.7. The zero-order valence-electron chi connectivity index (χ0n) is 23.0. The van der Waals surface area contributed by atoms with E-state index in [9.17, 15) is 9.90 Å². The molecule has 0 aromatic rings. The maximum Gasteiger partial charge on any atom is 0.309 e. The Hall–Kier alpha value is 3.82. The molecule has 1 N–H and O–H groups in total. The fraction of sp³-hybridized carbons (Fsp3) is 0.864. The zero-order chi connectivity index (χ0) is 28.9. The van der Waals surface area contributed by atoms with Gasteiger partial charge < -0.3 is 18.7 Å². The van der Waals surface area contributed by atoms with Gasteiger partial charge in [0, 0.05) is 22.3 Å². The molecule has 0 saturated heterocycles. The number of rotatable bonds is 19. The maximum absolute atomic E-state index is 11.7. The topological polar surface area (TPSA) is 65.0 Å². The number of aliphatic hydroxyl groups excluding tert-OH is 1. The Morgan fingerprint density at radius 1 is 1.03 bits per heavy atom. The highest BCUT2D eigenvalue weighted by molar-refractivity contribution is 8.96. The smallest absolute Gasteiger partial charge is 0.309 e. The van der Waals surface area contributed by atoms with Gasteiger partial charge in [0.1, 0.15) is 7.53 Å². The monoisotopic (exact) mass is 736 g/mol. The van der Waals surface area contributed by atoms with E-state index in [1.165, 1.54) is 0 Å². The van der Waals surface area contributed by atoms with Crippen molar-refractivity contribution in [1.82, 2.24) is 0 Å². The molecule has 1 aliphatic carbocycles. The van der Waals surface area contributed by atoms with Crippen LogP contribution in [0.15, 0.2) is 12.2 Å². The van der Waals surface area contributed by atoms with Gasteiger partial charge in [-0.15, -0.1) is 35.7 Å². The lowest BCUT2D eigenvalue weighted by molar-refractivity contribution is -0.133. The van der Waals surface area contributed by atoms with E-state index in [1.807, 2.05) is 0 Å². The number of unbranched alkanes of at least 4 members (excludes halogenated alkanes) is 3. The van der Waals surface area contributed by atoms with Crippen molar-refractivity contribution in [3.05, 3.63) is 12.2 Å². The highest BCUT2D eigenvalue weighted by Crippen LogP contribution is 2.98. The summed E-state index contributed by atoms with van der Waals surface area (Å²) in [6.07, 6.45) is 13.6. The van der Waals surface area contributed by atoms with E-state index in [-0.39, 0.29) is 43.7 Å². The first kappa shape index (κ1) is 39.8. The molecule has 0 amide bonds. The summed E-state index contributed by atoms with van der Waals surface area (Å²) in [5.74, 6) is 0.622. The van der Waals surface area contributed by atoms with Crippen LogP contribution in [0.4, 0.5) is 0 Å². The molecule has 1 rings (SSSR count). The minimum Gasteiger partial charge on any atom is -0.437 e. The van der Waals surface area contributed by atoms with Crippen molar-refractivity contribution in [3.63, 3.8) is 0 Å². The van der Waals surface area contributed by atoms with Crippen molar-refractivity contribution in [2.75, 3.05) is 0 Å². The number of carbonyl (C=O) groups is 1. The molecule has 0 radical (unpaired) electrons. The Kier molecular flexibility index (Phi) is 22.6. The van der Waals surface area contributed by atoms with E-state index in [4.69, 9.17) is 13.6 Å². The van der Waals surface area contributed by atoms with Crippen LogP contribution in [-0.4, -0.2) is 29.4 Å². The molecule has 1 saturated carbocycles. The number of aliphatic hydroxyl groups is 1. The highest BCUT2D eigenvalue weighted by atomic mass is 33.0. The van der Waals surface area contributed by atoms with Crippen molar-refractivity contribution in [3.8, 4) is 0 Å². The van der Waals surface area contributed by atoms with Gasteiger partial charge in [-0.3, -0.25) is 4.79 Å². The molecule has 38 heavy (non-hydrogen) atoms. The molecule has 0 bridgehead atoms. The van der Waals surface area contributed by atoms with Crippen LogP contribution in [0.2, 0.25) is 0 Å². The molecule has 0 aromatic carbocycles. The fourth-order valence-electron chi connectivity index (χ4n) is 4.70. The van der Waals surface area contributed by atoms with E-state index in [0.29, 0.717) is 18.3 Å². The minimum atomic E-state index is -0.779. The average Bonchev–Trinajstić information content (AvgIpc) is 3.17. The molecule has 1 fully saturated rings. The van der Waals surface area contributed by atoms with Crippen LogP contribution in [-0.2, 0) is 18.4 Å². The predicted molar refractivity (Wildman–Crippen MR) is 199 cm³/mol. The molecule has 224 valence electrons. The van der Waals surface area contributed by atoms with Crippen LogP contribution in [0.25, 0.3) is 0 Å². The number of hydrogen-bond donors (Lipinski definition) is 1. The number of hydrogen-bond acceptors (Lipinski definition) is 5. The SMILES string of the molecule is CCC(C)(C)C(O)CCC1C(OP)CC(OP(P(P)P)P(P)P)C1C/C=C/CCCCCC(=O)OP(P)P. The summed E-state index contributed by atoms with van der Waals surface area (Å²) in [6.45, 7) is 5.82. The van der Waals surface area contributed by atoms with Gasteiger partial charge in [-0.05, 0) is 76.2 Å². The van der Waals surface area contributed by atoms with E-state index in [1.54, 1.807) is 0 Å². The molecular formula is C22H51O5P11. The van der Waals surface area contributed by atoms with Crippen molar-refractivity contribution in [2.45, 2.75) is 103 Å². The Labute approximate surface area is 253 Å². The molecule has 0 spiro atoms. The van der Waals surface area contributed by atoms with Crippen molar-refractivity contribution in [2.24, 2.45) is 17.3 Å². The summed E-state index contributed by atoms with van der Waals surface area (Å²) >= 11 is 0. The second-order valence-corrected chi connectivity index (χ2v) is 40.1. The van der Waals surface area contributed by atoms with Crippen LogP contribution in [0.3, 0.4) is 0 Å². The predicted octanol–water partition coefficient (Wildman–Crippen LogP) is 10.5. The van der Waals surface area contributed by atoms with Crippen molar-refractivity contribution in [1.29, 1.82) is 0 Å². The standard InChI is InChI=1S/C22H51O5P11/c1-4-22(2,3)20(23)14-13-17-16(11-9-7-5-6-8-10-12-21(24)27-35(29)30)19(15-18(17)25-28)26-36(37(31)32)38(33)34/h7,9,16-20,23H,4-6,8,10-15,28-34H2,1-3H3/b9-7+. The molecular weight excluding hydrogens is 685 g/mol. The second-order valence-electron chi connectivity index (χ2n) is 10.5. The average molecular weight is 736 g/mol. The Balaban J connectivity index is 2.80. The third-order valence-corrected chi connectivity index (χ3v) is 31.2. The third kappa shape index (κ3) is 15.2. The van der Waals surface area contributed by atoms with Gasteiger partial charge in [-0.25, -0.2) is 0 Å². The van der Waals surface area contributed by atoms with Crippen LogP contribution >= 0.6 is 92.1 Å². The van der Waals surface area contributed by atoms with Gasteiger partial charge >= 0.3 is 5.97 Å². The summed E-state index contributed by atoms with van der Waals surface area (Å²) < 4.78 is 18.0. The van der Waals surface area contributed by atoms with Gasteiger partial charge in [0.15, 0.2) is 0 Å². The summed E-state index contributed by atoms with van der Waals surface area (Å²) in [5, 5.41) is 10.9. The first-order valence-electron chi connectivity index (χ1n) is 13.1. The summed E-state index contributed by atoms with van der Waals surface area (Å²) in [5.41, 5.74) is -0.0801. The molecule has 5 nitrogen and oxygen atoms in total. The molecule has 0 heterocycles. The first-order chi connectivity index (χ1) is 17.8. The van der Waals surface area contributed by atoms with Crippen LogP contribution in [0, 0.1) is 17.3 Å². The maximum atomic E-state index is 11.7. The van der Waals surface area contributed by atoms with Crippen molar-refractivity contribution >= 4 is 98.0 Å². The number of allylic oxidation sites excluding steroid dienone is 2. The van der Waals surface area contributed by atoms with Gasteiger partial charge in [-0.1, -0.05) is 57.2 Å². The lowest BCUT2D eigenvalue weighted by atomic mass is 9.78. The van der Waals surface area contributed by atoms with Crippen LogP contribution in [0.5, 0.6) is 0 Å². The molecule has 1 aliphatic rings. The highest BCUT2D eigenvalue weighted by Gasteiger charge is 2.45. The van der Waals surface area contributed by atoms with E-state index in [0.717, 1.165) is 57.8 Å². The fourth-order valence-corrected chi connectivity index (χ4v) is 38.9. The molecule has 12 unspecified atom stereocenters. The number of carbonyl (C=O) groups excluding carboxylic acids is 1. The Morgan fingerprint density at radius 3 is 2.24 bits per heavy atom. The summed E-state index contributed by atoms with van der Waals surface area (Å²) in [7, 11) is 18.1. The normalized spacial score (nSPS) is 23.4. The lowest BCUT2D eigenvalue weighted by Crippen LogP contribution is -2.31. The van der Waals surface area contributed by atoms with Gasteiger partial charge in [-0.2, -0.15) is 0 Å². The van der Waals surface area contributed by atoms with Crippen LogP contribution < -0.4 is 0 Å². The van der Waals surface area contributed by atoms with Crippen molar-refractivity contribution < 1.29 is 23.5 Å². The molecule has 0 aliphatic heterocycles. The third-order valence-electron chi connectivity index (χ3n) is 7.39. The minimum absolute atomic E-state index is 0.0801. The van der Waals surface area contributed by atoms with E-state index < -0.39 is 15.1 Å². The van der Waals surface area contributed by atoms with Gasteiger partial charge in [0.2, 0.25) is 0 Å². The Bertz CT molecular complexity index is 691. The molecule has 12 atom stereocenters. The Morgan fingerprint density at radius 2 is 1.68 bits per heavy atom. The lowest BCUT2D eigenvalue weighted by Gasteiger charge is -2.33. The van der Waals surface area contributed by atoms with Crippen LogP contribution in [0.1, 0.15) is 85.0 Å². The molecule has 16 heteroatoms. The van der Waals surface area contributed by atoms with E-state index in [2.05, 4.69) is 96.0 Å². The molecule has 0 aromatic heterocycles. The van der Waals surface area contributed by atoms with Gasteiger partial charge in [0.25, 0.3) is 0 Å². The second kappa shape index (κ2) is 21.5. The largest absolute Gasteiger partial charge is 0.437 e. The first-order valence-corrected chi connectivity index (χ1v) is 29.9. The summed E-state index contributed by atoms with van der Waals surface area (Å²) in [6, 6.07) is 0. The quantitative estimate of drug-likeness (QED) is 0.0813. The summed E-state index contributed by atoms with van der Waals surface area (Å²) in [4.78, 5) is 11.7. The van der Waals surface area contributed by atoms with E-state index >= 15 is 0 Å².